The third-order valence-corrected chi connectivity index (χ3v) is 1.81. The van der Waals surface area contributed by atoms with Crippen molar-refractivity contribution in [1.29, 1.82) is 0 Å². The Balaban J connectivity index is 2.74. The van der Waals surface area contributed by atoms with Gasteiger partial charge in [-0.1, -0.05) is 17.7 Å². The minimum Gasteiger partial charge on any atom is -0.295 e. The summed E-state index contributed by atoms with van der Waals surface area (Å²) in [5.74, 6) is 0.212. The van der Waals surface area contributed by atoms with Crippen molar-refractivity contribution >= 4 is 5.78 Å². The summed E-state index contributed by atoms with van der Waals surface area (Å²) in [7, 11) is 0. The van der Waals surface area contributed by atoms with Gasteiger partial charge in [-0.3, -0.25) is 4.79 Å². The van der Waals surface area contributed by atoms with E-state index < -0.39 is 0 Å². The van der Waals surface area contributed by atoms with Crippen LogP contribution < -0.4 is 0 Å². The summed E-state index contributed by atoms with van der Waals surface area (Å²) in [6.07, 6.45) is 5.94. The van der Waals surface area contributed by atoms with Crippen LogP contribution in [-0.2, 0) is 4.79 Å². The average molecular weight is 136 g/mol. The van der Waals surface area contributed by atoms with Crippen molar-refractivity contribution in [3.05, 3.63) is 23.3 Å². The minimum absolute atomic E-state index is 0.212. The molecule has 1 heteroatoms. The highest BCUT2D eigenvalue weighted by Gasteiger charge is 2.06. The maximum atomic E-state index is 10.8. The van der Waals surface area contributed by atoms with Crippen molar-refractivity contribution in [3.63, 3.8) is 0 Å². The molecule has 1 aliphatic rings. The predicted octanol–water partition coefficient (Wildman–Crippen LogP) is 2.24. The highest BCUT2D eigenvalue weighted by atomic mass is 16.1. The van der Waals surface area contributed by atoms with E-state index in [0.717, 1.165) is 18.4 Å². The van der Waals surface area contributed by atoms with E-state index in [-0.39, 0.29) is 5.78 Å². The van der Waals surface area contributed by atoms with Crippen LogP contribution in [0.5, 0.6) is 0 Å². The van der Waals surface area contributed by atoms with Crippen LogP contribution in [0.1, 0.15) is 26.7 Å². The zero-order valence-corrected chi connectivity index (χ0v) is 6.48. The summed E-state index contributed by atoms with van der Waals surface area (Å²) in [6.45, 7) is 3.72. The van der Waals surface area contributed by atoms with Crippen molar-refractivity contribution in [3.8, 4) is 0 Å². The molecule has 0 saturated heterocycles. The van der Waals surface area contributed by atoms with E-state index in [4.69, 9.17) is 0 Å². The molecular formula is C9H12O. The number of rotatable bonds is 1. The quantitative estimate of drug-likeness (QED) is 0.540. The molecule has 0 atom stereocenters. The van der Waals surface area contributed by atoms with Crippen molar-refractivity contribution in [1.82, 2.24) is 0 Å². The molecule has 10 heavy (non-hydrogen) atoms. The lowest BCUT2D eigenvalue weighted by Crippen LogP contribution is -1.99. The number of allylic oxidation sites excluding steroid dienone is 4. The second-order valence-corrected chi connectivity index (χ2v) is 2.76. The molecular weight excluding hydrogens is 124 g/mol. The molecule has 1 rings (SSSR count). The van der Waals surface area contributed by atoms with Gasteiger partial charge in [0, 0.05) is 0 Å². The highest BCUT2D eigenvalue weighted by Crippen LogP contribution is 2.17. The molecule has 0 N–H and O–H groups in total. The first-order valence-corrected chi connectivity index (χ1v) is 3.57. The molecule has 1 aliphatic carbocycles. The molecule has 1 nitrogen and oxygen atoms in total. The van der Waals surface area contributed by atoms with Gasteiger partial charge in [-0.25, -0.2) is 0 Å². The van der Waals surface area contributed by atoms with Gasteiger partial charge in [-0.15, -0.1) is 0 Å². The summed E-state index contributed by atoms with van der Waals surface area (Å²) < 4.78 is 0. The van der Waals surface area contributed by atoms with E-state index in [1.165, 1.54) is 5.57 Å². The summed E-state index contributed by atoms with van der Waals surface area (Å²) in [5.41, 5.74) is 2.33. The lowest BCUT2D eigenvalue weighted by atomic mass is 9.97. The standard InChI is InChI=1S/C9H12O/c1-7-3-5-9(6-4-7)8(2)10/h3,5H,4,6H2,1-2H3. The fourth-order valence-corrected chi connectivity index (χ4v) is 1.03. The van der Waals surface area contributed by atoms with Crippen LogP contribution in [0.3, 0.4) is 0 Å². The van der Waals surface area contributed by atoms with Crippen LogP contribution in [0.15, 0.2) is 23.3 Å². The molecule has 0 aromatic rings. The maximum Gasteiger partial charge on any atom is 0.155 e. The number of hydrogen-bond acceptors (Lipinski definition) is 1. The summed E-state index contributed by atoms with van der Waals surface area (Å²) in [4.78, 5) is 10.8. The van der Waals surface area contributed by atoms with E-state index >= 15 is 0 Å². The lowest BCUT2D eigenvalue weighted by Gasteiger charge is -2.07. The van der Waals surface area contributed by atoms with Gasteiger partial charge in [0.1, 0.15) is 0 Å². The molecule has 0 aromatic carbocycles. The Morgan fingerprint density at radius 2 is 2.10 bits per heavy atom. The number of Topliss-reactive ketones (excluding diaryl/α,β-unsaturated/α-hetero) is 1. The Labute approximate surface area is 61.4 Å². The Bertz CT molecular complexity index is 209. The number of hydrogen-bond donors (Lipinski definition) is 0. The Hall–Kier alpha value is -0.850. The van der Waals surface area contributed by atoms with E-state index in [0.29, 0.717) is 0 Å². The van der Waals surface area contributed by atoms with Gasteiger partial charge in [0.2, 0.25) is 0 Å². The molecule has 54 valence electrons. The van der Waals surface area contributed by atoms with Crippen molar-refractivity contribution in [2.45, 2.75) is 26.7 Å². The van der Waals surface area contributed by atoms with Crippen LogP contribution in [0.25, 0.3) is 0 Å². The summed E-state index contributed by atoms with van der Waals surface area (Å²) in [6, 6.07) is 0. The third kappa shape index (κ3) is 1.56. The normalized spacial score (nSPS) is 17.8. The van der Waals surface area contributed by atoms with Gasteiger partial charge >= 0.3 is 0 Å². The molecule has 0 fully saturated rings. The molecule has 0 spiro atoms. The van der Waals surface area contributed by atoms with Crippen LogP contribution in [-0.4, -0.2) is 5.78 Å². The van der Waals surface area contributed by atoms with E-state index in [9.17, 15) is 4.79 Å². The Kier molecular flexibility index (Phi) is 2.05. The Morgan fingerprint density at radius 1 is 1.40 bits per heavy atom. The fraction of sp³-hybridized carbons (Fsp3) is 0.444. The van der Waals surface area contributed by atoms with E-state index in [1.54, 1.807) is 6.92 Å². The van der Waals surface area contributed by atoms with Crippen molar-refractivity contribution in [2.75, 3.05) is 0 Å². The van der Waals surface area contributed by atoms with Gasteiger partial charge in [-0.2, -0.15) is 0 Å². The van der Waals surface area contributed by atoms with Crippen LogP contribution in [0, 0.1) is 0 Å². The molecule has 0 unspecified atom stereocenters. The lowest BCUT2D eigenvalue weighted by molar-refractivity contribution is -0.113. The summed E-state index contributed by atoms with van der Waals surface area (Å²) >= 11 is 0. The highest BCUT2D eigenvalue weighted by molar-refractivity contribution is 5.93. The average Bonchev–Trinajstić information content (AvgIpc) is 1.88. The molecule has 0 aromatic heterocycles. The van der Waals surface area contributed by atoms with Crippen LogP contribution in [0.2, 0.25) is 0 Å². The summed E-state index contributed by atoms with van der Waals surface area (Å²) in [5, 5.41) is 0. The van der Waals surface area contributed by atoms with Crippen molar-refractivity contribution < 1.29 is 4.79 Å². The first-order valence-electron chi connectivity index (χ1n) is 3.57. The van der Waals surface area contributed by atoms with Gasteiger partial charge < -0.3 is 0 Å². The van der Waals surface area contributed by atoms with Gasteiger partial charge in [0.05, 0.1) is 0 Å². The second kappa shape index (κ2) is 2.82. The second-order valence-electron chi connectivity index (χ2n) is 2.76. The predicted molar refractivity (Wildman–Crippen MR) is 41.8 cm³/mol. The van der Waals surface area contributed by atoms with Crippen molar-refractivity contribution in [2.24, 2.45) is 0 Å². The molecule has 0 bridgehead atoms. The van der Waals surface area contributed by atoms with Gasteiger partial charge in [0.15, 0.2) is 5.78 Å². The number of carbonyl (C=O) groups excluding carboxylic acids is 1. The first kappa shape index (κ1) is 7.26. The van der Waals surface area contributed by atoms with Crippen LogP contribution in [0.4, 0.5) is 0 Å². The zero-order chi connectivity index (χ0) is 7.56. The van der Waals surface area contributed by atoms with E-state index in [2.05, 4.69) is 6.92 Å². The number of carbonyl (C=O) groups is 1. The number of ketones is 1. The maximum absolute atomic E-state index is 10.8. The SMILES string of the molecule is CC(=O)C1=CC=C(C)CC1. The molecule has 0 saturated carbocycles. The first-order chi connectivity index (χ1) is 4.70. The topological polar surface area (TPSA) is 17.1 Å². The van der Waals surface area contributed by atoms with Gasteiger partial charge in [-0.05, 0) is 32.3 Å². The Morgan fingerprint density at radius 3 is 2.50 bits per heavy atom. The molecule has 0 aliphatic heterocycles. The molecule has 0 heterocycles. The largest absolute Gasteiger partial charge is 0.295 e. The minimum atomic E-state index is 0.212. The van der Waals surface area contributed by atoms with Gasteiger partial charge in [0.25, 0.3) is 0 Å². The smallest absolute Gasteiger partial charge is 0.155 e. The molecule has 0 radical (unpaired) electrons. The fourth-order valence-electron chi connectivity index (χ4n) is 1.03. The van der Waals surface area contributed by atoms with Crippen LogP contribution >= 0.6 is 0 Å². The third-order valence-electron chi connectivity index (χ3n) is 1.81. The monoisotopic (exact) mass is 136 g/mol. The zero-order valence-electron chi connectivity index (χ0n) is 6.48. The van der Waals surface area contributed by atoms with E-state index in [1.807, 2.05) is 12.2 Å². The molecule has 0 amide bonds.